The average Bonchev–Trinajstić information content (AvgIpc) is 2.30. The minimum absolute atomic E-state index is 0.481. The van der Waals surface area contributed by atoms with Gasteiger partial charge in [0.2, 0.25) is 5.95 Å². The molecule has 0 radical (unpaired) electrons. The molecular weight excluding hydrogens is 224 g/mol. The zero-order chi connectivity index (χ0) is 11.5. The molecule has 0 aliphatic carbocycles. The molecule has 2 rings (SSSR count). The van der Waals surface area contributed by atoms with Gasteiger partial charge < -0.3 is 9.80 Å². The highest BCUT2D eigenvalue weighted by Gasteiger charge is 2.16. The van der Waals surface area contributed by atoms with Crippen LogP contribution < -0.4 is 4.90 Å². The Morgan fingerprint density at radius 3 is 2.56 bits per heavy atom. The fourth-order valence-electron chi connectivity index (χ4n) is 1.77. The lowest BCUT2D eigenvalue weighted by molar-refractivity contribution is 0.311. The second kappa shape index (κ2) is 4.97. The molecule has 4 nitrogen and oxygen atoms in total. The predicted molar refractivity (Wildman–Crippen MR) is 66.0 cm³/mol. The fourth-order valence-corrected chi connectivity index (χ4v) is 2.03. The van der Waals surface area contributed by atoms with Crippen molar-refractivity contribution in [2.24, 2.45) is 0 Å². The highest BCUT2D eigenvalue weighted by atomic mass is 35.5. The van der Waals surface area contributed by atoms with Gasteiger partial charge in [-0.05, 0) is 14.0 Å². The number of piperazine rings is 1. The largest absolute Gasteiger partial charge is 0.338 e. The van der Waals surface area contributed by atoms with Crippen LogP contribution in [-0.4, -0.2) is 48.1 Å². The van der Waals surface area contributed by atoms with Gasteiger partial charge in [-0.15, -0.1) is 11.6 Å². The van der Waals surface area contributed by atoms with Crippen LogP contribution in [0.3, 0.4) is 0 Å². The molecule has 0 bridgehead atoms. The van der Waals surface area contributed by atoms with Crippen LogP contribution in [0.4, 0.5) is 5.95 Å². The van der Waals surface area contributed by atoms with Crippen molar-refractivity contribution in [3.05, 3.63) is 17.5 Å². The lowest BCUT2D eigenvalue weighted by Crippen LogP contribution is -2.45. The van der Waals surface area contributed by atoms with Crippen molar-refractivity contribution in [2.45, 2.75) is 12.8 Å². The van der Waals surface area contributed by atoms with Crippen molar-refractivity contribution < 1.29 is 0 Å². The molecule has 0 N–H and O–H groups in total. The fraction of sp³-hybridized carbons (Fsp3) is 0.636. The first-order valence-corrected chi connectivity index (χ1v) is 6.06. The van der Waals surface area contributed by atoms with Gasteiger partial charge >= 0.3 is 0 Å². The molecule has 0 spiro atoms. The Morgan fingerprint density at radius 1 is 1.31 bits per heavy atom. The van der Waals surface area contributed by atoms with E-state index in [-0.39, 0.29) is 0 Å². The van der Waals surface area contributed by atoms with E-state index >= 15 is 0 Å². The van der Waals surface area contributed by atoms with E-state index in [0.29, 0.717) is 5.88 Å². The van der Waals surface area contributed by atoms with Crippen LogP contribution in [0.15, 0.2) is 6.20 Å². The van der Waals surface area contributed by atoms with E-state index in [2.05, 4.69) is 26.8 Å². The summed E-state index contributed by atoms with van der Waals surface area (Å²) in [4.78, 5) is 13.4. The average molecular weight is 241 g/mol. The van der Waals surface area contributed by atoms with Crippen molar-refractivity contribution in [2.75, 3.05) is 38.1 Å². The summed E-state index contributed by atoms with van der Waals surface area (Å²) in [5.41, 5.74) is 2.00. The Bertz CT molecular complexity index is 361. The molecule has 88 valence electrons. The number of nitrogens with zero attached hydrogens (tertiary/aromatic N) is 4. The summed E-state index contributed by atoms with van der Waals surface area (Å²) >= 11 is 5.79. The third-order valence-corrected chi connectivity index (χ3v) is 3.29. The van der Waals surface area contributed by atoms with Gasteiger partial charge in [-0.3, -0.25) is 0 Å². The normalized spacial score (nSPS) is 17.8. The molecule has 0 amide bonds. The molecule has 1 fully saturated rings. The summed E-state index contributed by atoms with van der Waals surface area (Å²) in [5, 5.41) is 0. The van der Waals surface area contributed by atoms with Crippen LogP contribution in [0.25, 0.3) is 0 Å². The Hall–Kier alpha value is -0.870. The van der Waals surface area contributed by atoms with Gasteiger partial charge in [-0.25, -0.2) is 9.97 Å². The SMILES string of the molecule is Cc1nc(N2CCN(C)CC2)ncc1CCl. The van der Waals surface area contributed by atoms with Crippen LogP contribution in [0.5, 0.6) is 0 Å². The number of likely N-dealkylation sites (N-methyl/N-ethyl adjacent to an activating group) is 1. The molecule has 0 unspecified atom stereocenters. The minimum Gasteiger partial charge on any atom is -0.338 e. The standard InChI is InChI=1S/C11H17ClN4/c1-9-10(7-12)8-13-11(14-9)16-5-3-15(2)4-6-16/h8H,3-7H2,1-2H3. The lowest BCUT2D eigenvalue weighted by atomic mass is 10.3. The maximum absolute atomic E-state index is 5.79. The van der Waals surface area contributed by atoms with Gasteiger partial charge in [0.25, 0.3) is 0 Å². The minimum atomic E-state index is 0.481. The van der Waals surface area contributed by atoms with Gasteiger partial charge in [0.05, 0.1) is 5.88 Å². The smallest absolute Gasteiger partial charge is 0.225 e. The highest BCUT2D eigenvalue weighted by Crippen LogP contribution is 2.14. The third-order valence-electron chi connectivity index (χ3n) is 3.00. The number of aromatic nitrogens is 2. The quantitative estimate of drug-likeness (QED) is 0.729. The van der Waals surface area contributed by atoms with E-state index in [9.17, 15) is 0 Å². The molecule has 0 atom stereocenters. The maximum Gasteiger partial charge on any atom is 0.225 e. The molecule has 0 saturated carbocycles. The Morgan fingerprint density at radius 2 is 2.00 bits per heavy atom. The summed E-state index contributed by atoms with van der Waals surface area (Å²) in [5.74, 6) is 1.31. The zero-order valence-electron chi connectivity index (χ0n) is 9.78. The highest BCUT2D eigenvalue weighted by molar-refractivity contribution is 6.17. The van der Waals surface area contributed by atoms with Crippen LogP contribution in [0, 0.1) is 6.92 Å². The van der Waals surface area contributed by atoms with Crippen molar-refractivity contribution >= 4 is 17.5 Å². The van der Waals surface area contributed by atoms with Crippen molar-refractivity contribution in [1.82, 2.24) is 14.9 Å². The molecular formula is C11H17ClN4. The van der Waals surface area contributed by atoms with Gasteiger partial charge in [0.15, 0.2) is 0 Å². The van der Waals surface area contributed by atoms with E-state index in [0.717, 1.165) is 43.4 Å². The van der Waals surface area contributed by atoms with E-state index in [4.69, 9.17) is 11.6 Å². The van der Waals surface area contributed by atoms with Gasteiger partial charge in [0, 0.05) is 43.6 Å². The number of hydrogen-bond acceptors (Lipinski definition) is 4. The van der Waals surface area contributed by atoms with Gasteiger partial charge in [-0.2, -0.15) is 0 Å². The van der Waals surface area contributed by atoms with Crippen LogP contribution in [0.2, 0.25) is 0 Å². The first kappa shape index (κ1) is 11.6. The maximum atomic E-state index is 5.79. The second-order valence-electron chi connectivity index (χ2n) is 4.20. The number of halogens is 1. The van der Waals surface area contributed by atoms with E-state index in [1.807, 2.05) is 13.1 Å². The lowest BCUT2D eigenvalue weighted by Gasteiger charge is -2.32. The third kappa shape index (κ3) is 2.44. The number of rotatable bonds is 2. The summed E-state index contributed by atoms with van der Waals surface area (Å²) in [7, 11) is 2.14. The zero-order valence-corrected chi connectivity index (χ0v) is 10.5. The van der Waals surface area contributed by atoms with Gasteiger partial charge in [-0.1, -0.05) is 0 Å². The summed E-state index contributed by atoms with van der Waals surface area (Å²) < 4.78 is 0. The molecule has 2 heterocycles. The molecule has 1 aromatic rings. The molecule has 16 heavy (non-hydrogen) atoms. The van der Waals surface area contributed by atoms with E-state index in [1.165, 1.54) is 0 Å². The topological polar surface area (TPSA) is 32.3 Å². The molecule has 1 aliphatic heterocycles. The first-order chi connectivity index (χ1) is 7.70. The first-order valence-electron chi connectivity index (χ1n) is 5.52. The Labute approximate surface area is 101 Å². The van der Waals surface area contributed by atoms with E-state index in [1.54, 1.807) is 0 Å². The second-order valence-corrected chi connectivity index (χ2v) is 4.47. The van der Waals surface area contributed by atoms with Crippen molar-refractivity contribution in [3.8, 4) is 0 Å². The summed E-state index contributed by atoms with van der Waals surface area (Å²) in [6, 6.07) is 0. The molecule has 0 aromatic carbocycles. The number of aryl methyl sites for hydroxylation is 1. The van der Waals surface area contributed by atoms with Crippen LogP contribution in [-0.2, 0) is 5.88 Å². The summed E-state index contributed by atoms with van der Waals surface area (Å²) in [6.45, 7) is 6.12. The Balaban J connectivity index is 2.12. The number of anilines is 1. The monoisotopic (exact) mass is 240 g/mol. The Kier molecular flexibility index (Phi) is 3.61. The predicted octanol–water partition coefficient (Wildman–Crippen LogP) is 1.28. The molecule has 1 aliphatic rings. The molecule has 1 aromatic heterocycles. The summed E-state index contributed by atoms with van der Waals surface area (Å²) in [6.07, 6.45) is 1.84. The molecule has 5 heteroatoms. The number of alkyl halides is 1. The van der Waals surface area contributed by atoms with Crippen molar-refractivity contribution in [3.63, 3.8) is 0 Å². The van der Waals surface area contributed by atoms with Crippen LogP contribution in [0.1, 0.15) is 11.3 Å². The van der Waals surface area contributed by atoms with E-state index < -0.39 is 0 Å². The number of hydrogen-bond donors (Lipinski definition) is 0. The van der Waals surface area contributed by atoms with Crippen molar-refractivity contribution in [1.29, 1.82) is 0 Å². The van der Waals surface area contributed by atoms with Gasteiger partial charge in [0.1, 0.15) is 0 Å². The van der Waals surface area contributed by atoms with Crippen LogP contribution >= 0.6 is 11.6 Å². The molecule has 1 saturated heterocycles.